The fraction of sp³-hybridized carbons (Fsp3) is 0.207. The van der Waals surface area contributed by atoms with Crippen LogP contribution in [-0.2, 0) is 5.60 Å². The zero-order valence-corrected chi connectivity index (χ0v) is 20.5. The Morgan fingerprint density at radius 2 is 1.74 bits per heavy atom. The third-order valence-corrected chi connectivity index (χ3v) is 5.99. The summed E-state index contributed by atoms with van der Waals surface area (Å²) in [5, 5.41) is 14.9. The molecule has 0 saturated heterocycles. The number of ether oxygens (including phenoxy) is 1. The summed E-state index contributed by atoms with van der Waals surface area (Å²) in [5.41, 5.74) is 1.19. The van der Waals surface area contributed by atoms with Gasteiger partial charge in [-0.2, -0.15) is 4.98 Å². The summed E-state index contributed by atoms with van der Waals surface area (Å²) >= 11 is 0. The first kappa shape index (κ1) is 26.7. The van der Waals surface area contributed by atoms with E-state index < -0.39 is 17.2 Å². The van der Waals surface area contributed by atoms with Gasteiger partial charge in [0.15, 0.2) is 28.6 Å². The molecule has 0 amide bonds. The molecule has 0 radical (unpaired) electrons. The number of aromatic nitrogens is 3. The molecule has 2 aromatic heterocycles. The number of halogens is 2. The number of benzene rings is 3. The molecular formula is C29H27F2N3O4. The molecule has 0 saturated carbocycles. The second-order valence-corrected chi connectivity index (χ2v) is 9.31. The maximum absolute atomic E-state index is 14.4. The molecule has 0 unspecified atom stereocenters. The van der Waals surface area contributed by atoms with Gasteiger partial charge >= 0.3 is 0 Å². The van der Waals surface area contributed by atoms with E-state index in [0.29, 0.717) is 39.1 Å². The van der Waals surface area contributed by atoms with Crippen LogP contribution in [0.2, 0.25) is 0 Å². The first-order valence-electron chi connectivity index (χ1n) is 11.5. The Morgan fingerprint density at radius 3 is 2.39 bits per heavy atom. The Bertz CT molecular complexity index is 1720. The summed E-state index contributed by atoms with van der Waals surface area (Å²) in [6.07, 6.45) is 1.65. The zero-order valence-electron chi connectivity index (χ0n) is 20.5. The van der Waals surface area contributed by atoms with E-state index in [2.05, 4.69) is 10.1 Å². The van der Waals surface area contributed by atoms with E-state index >= 15 is 0 Å². The van der Waals surface area contributed by atoms with Gasteiger partial charge in [0.25, 0.3) is 5.89 Å². The summed E-state index contributed by atoms with van der Waals surface area (Å²) in [6.45, 7) is 6.66. The Labute approximate surface area is 217 Å². The number of rotatable bonds is 5. The lowest BCUT2D eigenvalue weighted by Gasteiger charge is -2.22. The minimum Gasteiger partial charge on any atom is -0.452 e. The van der Waals surface area contributed by atoms with Crippen molar-refractivity contribution in [2.24, 2.45) is 0 Å². The van der Waals surface area contributed by atoms with Crippen LogP contribution in [0, 0.1) is 25.5 Å². The molecule has 2 heterocycles. The van der Waals surface area contributed by atoms with Gasteiger partial charge in [-0.15, -0.1) is 0 Å². The summed E-state index contributed by atoms with van der Waals surface area (Å²) in [4.78, 5) is 17.4. The highest BCUT2D eigenvalue weighted by atomic mass is 19.1. The molecule has 7 nitrogen and oxygen atoms in total. The van der Waals surface area contributed by atoms with Crippen LogP contribution in [0.4, 0.5) is 8.78 Å². The topological polar surface area (TPSA) is 90.4 Å². The fourth-order valence-corrected chi connectivity index (χ4v) is 4.06. The predicted octanol–water partition coefficient (Wildman–Crippen LogP) is 6.59. The largest absolute Gasteiger partial charge is 0.452 e. The highest BCUT2D eigenvalue weighted by Crippen LogP contribution is 2.35. The van der Waals surface area contributed by atoms with Crippen molar-refractivity contribution in [3.8, 4) is 28.6 Å². The van der Waals surface area contributed by atoms with Gasteiger partial charge in [0, 0.05) is 28.8 Å². The van der Waals surface area contributed by atoms with Gasteiger partial charge in [-0.1, -0.05) is 18.6 Å². The normalized spacial score (nSPS) is 11.4. The number of aliphatic hydroxyl groups is 1. The molecule has 0 spiro atoms. The van der Waals surface area contributed by atoms with Crippen molar-refractivity contribution in [2.45, 2.75) is 40.7 Å². The van der Waals surface area contributed by atoms with E-state index in [1.165, 1.54) is 6.07 Å². The number of hydrogen-bond donors (Lipinski definition) is 1. The number of pyridine rings is 1. The molecule has 0 aliphatic rings. The minimum atomic E-state index is -1.19. The van der Waals surface area contributed by atoms with Gasteiger partial charge < -0.3 is 18.9 Å². The second kappa shape index (κ2) is 9.83. The van der Waals surface area contributed by atoms with Crippen molar-refractivity contribution in [3.05, 3.63) is 99.6 Å². The summed E-state index contributed by atoms with van der Waals surface area (Å²) in [7, 11) is 0. The molecule has 5 aromatic rings. The maximum atomic E-state index is 14.4. The molecule has 196 valence electrons. The molecule has 0 atom stereocenters. The third-order valence-electron chi connectivity index (χ3n) is 5.99. The highest BCUT2D eigenvalue weighted by molar-refractivity contribution is 5.85. The van der Waals surface area contributed by atoms with E-state index in [9.17, 15) is 18.7 Å². The first-order valence-corrected chi connectivity index (χ1v) is 11.5. The van der Waals surface area contributed by atoms with Crippen molar-refractivity contribution >= 4 is 10.9 Å². The van der Waals surface area contributed by atoms with Crippen LogP contribution in [0.25, 0.3) is 28.0 Å². The van der Waals surface area contributed by atoms with Crippen molar-refractivity contribution < 1.29 is 23.1 Å². The van der Waals surface area contributed by atoms with Gasteiger partial charge in [0.05, 0.1) is 16.8 Å². The Morgan fingerprint density at radius 1 is 1.00 bits per heavy atom. The number of nitrogens with zero attached hydrogens (tertiary/aromatic N) is 3. The average molecular weight is 520 g/mol. The Hall–Kier alpha value is -4.37. The molecule has 0 aliphatic heterocycles. The molecule has 0 bridgehead atoms. The van der Waals surface area contributed by atoms with E-state index in [-0.39, 0.29) is 30.2 Å². The second-order valence-electron chi connectivity index (χ2n) is 9.31. The van der Waals surface area contributed by atoms with E-state index in [1.807, 2.05) is 0 Å². The summed E-state index contributed by atoms with van der Waals surface area (Å²) in [6, 6.07) is 13.2. The first-order chi connectivity index (χ1) is 17.5. The van der Waals surface area contributed by atoms with Gasteiger partial charge in [0.1, 0.15) is 5.82 Å². The summed E-state index contributed by atoms with van der Waals surface area (Å²) < 4.78 is 40.8. The molecule has 0 fully saturated rings. The number of aryl methyl sites for hydroxylation is 2. The number of fused-ring (bicyclic) bond motifs is 1. The van der Waals surface area contributed by atoms with Crippen molar-refractivity contribution in [3.63, 3.8) is 0 Å². The van der Waals surface area contributed by atoms with E-state index in [4.69, 9.17) is 9.26 Å². The molecule has 38 heavy (non-hydrogen) atoms. The Kier molecular flexibility index (Phi) is 6.90. The van der Waals surface area contributed by atoms with Crippen LogP contribution >= 0.6 is 0 Å². The van der Waals surface area contributed by atoms with Crippen molar-refractivity contribution in [1.82, 2.24) is 14.7 Å². The highest BCUT2D eigenvalue weighted by Gasteiger charge is 2.21. The van der Waals surface area contributed by atoms with E-state index in [1.54, 1.807) is 74.9 Å². The van der Waals surface area contributed by atoms with Crippen LogP contribution in [0.5, 0.6) is 11.5 Å². The predicted molar refractivity (Wildman–Crippen MR) is 141 cm³/mol. The van der Waals surface area contributed by atoms with Crippen molar-refractivity contribution in [1.29, 1.82) is 0 Å². The maximum Gasteiger partial charge on any atom is 0.257 e. The molecule has 0 aliphatic carbocycles. The number of hydrogen-bond acceptors (Lipinski definition) is 6. The van der Waals surface area contributed by atoms with E-state index in [0.717, 1.165) is 12.1 Å². The van der Waals surface area contributed by atoms with Crippen LogP contribution in [0.3, 0.4) is 0 Å². The van der Waals surface area contributed by atoms with Crippen molar-refractivity contribution in [2.75, 3.05) is 0 Å². The molecule has 3 aromatic carbocycles. The summed E-state index contributed by atoms with van der Waals surface area (Å²) in [5.74, 6) is -0.773. The van der Waals surface area contributed by atoms with Crippen LogP contribution in [0.15, 0.2) is 70.1 Å². The zero-order chi connectivity index (χ0) is 26.5. The average Bonchev–Trinajstić information content (AvgIpc) is 3.29. The SMILES string of the molecule is C.Cc1noc(-c2ccc3c(c2)c(=O)c(C)cn3-c2cc(C(C)(C)O)ccc2Oc2ccc(F)cc2F)n1. The standard InChI is InChI=1S/C28H23F2N3O4.CH4/c1-15-14-33(22-8-5-17(11-20(22)26(15)34)27-31-16(2)32-37-27)23-12-18(28(3,4)35)6-9-25(23)36-24-10-7-19(29)13-21(24)30;/h5-14,35H,1-4H3;1H4. The lowest BCUT2D eigenvalue weighted by Crippen LogP contribution is -2.17. The van der Waals surface area contributed by atoms with Gasteiger partial charge in [0.2, 0.25) is 0 Å². The van der Waals surface area contributed by atoms with Gasteiger partial charge in [-0.3, -0.25) is 4.79 Å². The molecule has 5 rings (SSSR count). The van der Waals surface area contributed by atoms with Crippen LogP contribution < -0.4 is 10.2 Å². The minimum absolute atomic E-state index is 0. The quantitative estimate of drug-likeness (QED) is 0.282. The van der Waals surface area contributed by atoms with Crippen LogP contribution in [0.1, 0.15) is 38.2 Å². The monoisotopic (exact) mass is 519 g/mol. The fourth-order valence-electron chi connectivity index (χ4n) is 4.06. The lowest BCUT2D eigenvalue weighted by atomic mass is 9.97. The third kappa shape index (κ3) is 4.92. The Balaban J connectivity index is 0.00000336. The molecular weight excluding hydrogens is 492 g/mol. The molecule has 1 N–H and O–H groups in total. The smallest absolute Gasteiger partial charge is 0.257 e. The lowest BCUT2D eigenvalue weighted by molar-refractivity contribution is 0.0785. The molecule has 9 heteroatoms. The van der Waals surface area contributed by atoms with Gasteiger partial charge in [-0.05, 0) is 75.7 Å². The van der Waals surface area contributed by atoms with Gasteiger partial charge in [-0.25, -0.2) is 8.78 Å². The van der Waals surface area contributed by atoms with Crippen LogP contribution in [-0.4, -0.2) is 19.8 Å².